The standard InChI is InChI=1S/C18H18ClFO4/c1-11-8-14(9-12(2)17(11)19)23-6-3-7-24-16-5-4-13(18(21)22)10-15(16)20/h4-5,8-10H,3,6-7H2,1-2H3,(H,21,22). The van der Waals surface area contributed by atoms with Gasteiger partial charge in [-0.25, -0.2) is 9.18 Å². The van der Waals surface area contributed by atoms with Crippen molar-refractivity contribution in [3.63, 3.8) is 0 Å². The zero-order valence-electron chi connectivity index (χ0n) is 13.4. The highest BCUT2D eigenvalue weighted by molar-refractivity contribution is 6.32. The van der Waals surface area contributed by atoms with E-state index in [0.29, 0.717) is 13.0 Å². The van der Waals surface area contributed by atoms with Gasteiger partial charge in [0.2, 0.25) is 0 Å². The minimum absolute atomic E-state index is 0.0261. The summed E-state index contributed by atoms with van der Waals surface area (Å²) in [5.74, 6) is -1.12. The van der Waals surface area contributed by atoms with Gasteiger partial charge in [0.15, 0.2) is 11.6 Å². The van der Waals surface area contributed by atoms with Crippen molar-refractivity contribution < 1.29 is 23.8 Å². The van der Waals surface area contributed by atoms with Gasteiger partial charge >= 0.3 is 5.97 Å². The van der Waals surface area contributed by atoms with Crippen LogP contribution in [0.5, 0.6) is 11.5 Å². The minimum atomic E-state index is -1.18. The van der Waals surface area contributed by atoms with Gasteiger partial charge in [0.05, 0.1) is 18.8 Å². The van der Waals surface area contributed by atoms with Gasteiger partial charge in [-0.2, -0.15) is 0 Å². The van der Waals surface area contributed by atoms with E-state index in [0.717, 1.165) is 28.0 Å². The van der Waals surface area contributed by atoms with Crippen LogP contribution in [-0.2, 0) is 0 Å². The molecule has 128 valence electrons. The van der Waals surface area contributed by atoms with E-state index in [1.807, 2.05) is 26.0 Å². The van der Waals surface area contributed by atoms with Crippen LogP contribution in [0.25, 0.3) is 0 Å². The molecular weight excluding hydrogens is 335 g/mol. The largest absolute Gasteiger partial charge is 0.493 e. The van der Waals surface area contributed by atoms with Crippen molar-refractivity contribution in [3.8, 4) is 11.5 Å². The van der Waals surface area contributed by atoms with Gasteiger partial charge in [-0.3, -0.25) is 0 Å². The number of hydrogen-bond donors (Lipinski definition) is 1. The lowest BCUT2D eigenvalue weighted by Crippen LogP contribution is -2.06. The molecule has 2 aromatic carbocycles. The average Bonchev–Trinajstić information content (AvgIpc) is 2.53. The van der Waals surface area contributed by atoms with Crippen LogP contribution in [0.4, 0.5) is 4.39 Å². The Labute approximate surface area is 144 Å². The van der Waals surface area contributed by atoms with Crippen molar-refractivity contribution >= 4 is 17.6 Å². The summed E-state index contributed by atoms with van der Waals surface area (Å²) in [6, 6.07) is 7.27. The Morgan fingerprint density at radius 1 is 1.12 bits per heavy atom. The summed E-state index contributed by atoms with van der Waals surface area (Å²) in [4.78, 5) is 10.7. The first-order valence-electron chi connectivity index (χ1n) is 7.43. The number of benzene rings is 2. The van der Waals surface area contributed by atoms with Crippen LogP contribution in [0.2, 0.25) is 5.02 Å². The molecule has 0 amide bonds. The molecule has 0 saturated carbocycles. The first-order chi connectivity index (χ1) is 11.4. The van der Waals surface area contributed by atoms with Crippen molar-refractivity contribution in [3.05, 3.63) is 57.9 Å². The van der Waals surface area contributed by atoms with Gasteiger partial charge in [0.25, 0.3) is 0 Å². The second kappa shape index (κ2) is 8.02. The highest BCUT2D eigenvalue weighted by atomic mass is 35.5. The quantitative estimate of drug-likeness (QED) is 0.737. The first kappa shape index (κ1) is 18.1. The van der Waals surface area contributed by atoms with E-state index in [1.165, 1.54) is 12.1 Å². The fraction of sp³-hybridized carbons (Fsp3) is 0.278. The number of carboxylic acids is 1. The van der Waals surface area contributed by atoms with Crippen LogP contribution in [-0.4, -0.2) is 24.3 Å². The van der Waals surface area contributed by atoms with Crippen molar-refractivity contribution in [1.29, 1.82) is 0 Å². The Balaban J connectivity index is 1.80. The van der Waals surface area contributed by atoms with Gasteiger partial charge in [-0.05, 0) is 55.3 Å². The third kappa shape index (κ3) is 4.61. The third-order valence-electron chi connectivity index (χ3n) is 3.40. The summed E-state index contributed by atoms with van der Waals surface area (Å²) in [7, 11) is 0. The number of rotatable bonds is 7. The van der Waals surface area contributed by atoms with E-state index in [2.05, 4.69) is 0 Å². The van der Waals surface area contributed by atoms with Gasteiger partial charge in [-0.1, -0.05) is 11.6 Å². The van der Waals surface area contributed by atoms with Crippen LogP contribution >= 0.6 is 11.6 Å². The van der Waals surface area contributed by atoms with Crippen molar-refractivity contribution in [2.75, 3.05) is 13.2 Å². The highest BCUT2D eigenvalue weighted by Crippen LogP contribution is 2.26. The molecule has 0 radical (unpaired) electrons. The third-order valence-corrected chi connectivity index (χ3v) is 4.00. The Bertz CT molecular complexity index is 723. The molecule has 4 nitrogen and oxygen atoms in total. The van der Waals surface area contributed by atoms with Crippen LogP contribution in [0.1, 0.15) is 27.9 Å². The number of ether oxygens (including phenoxy) is 2. The summed E-state index contributed by atoms with van der Waals surface area (Å²) in [5.41, 5.74) is 1.78. The molecule has 2 rings (SSSR count). The SMILES string of the molecule is Cc1cc(OCCCOc2ccc(C(=O)O)cc2F)cc(C)c1Cl. The predicted octanol–water partition coefficient (Wildman–Crippen LogP) is 4.64. The fourth-order valence-corrected chi connectivity index (χ4v) is 2.28. The summed E-state index contributed by atoms with van der Waals surface area (Å²) in [5, 5.41) is 9.51. The molecule has 6 heteroatoms. The van der Waals surface area contributed by atoms with Crippen LogP contribution in [0.15, 0.2) is 30.3 Å². The van der Waals surface area contributed by atoms with Crippen LogP contribution in [0, 0.1) is 19.7 Å². The van der Waals surface area contributed by atoms with Gasteiger partial charge in [-0.15, -0.1) is 0 Å². The van der Waals surface area contributed by atoms with Crippen molar-refractivity contribution in [2.24, 2.45) is 0 Å². The molecule has 0 aliphatic carbocycles. The lowest BCUT2D eigenvalue weighted by molar-refractivity contribution is 0.0696. The van der Waals surface area contributed by atoms with Crippen molar-refractivity contribution in [2.45, 2.75) is 20.3 Å². The first-order valence-corrected chi connectivity index (χ1v) is 7.81. The maximum Gasteiger partial charge on any atom is 0.335 e. The molecule has 0 spiro atoms. The summed E-state index contributed by atoms with van der Waals surface area (Å²) in [6.45, 7) is 4.49. The van der Waals surface area contributed by atoms with Gasteiger partial charge in [0, 0.05) is 11.4 Å². The summed E-state index contributed by atoms with van der Waals surface area (Å²) >= 11 is 6.10. The molecule has 0 aliphatic rings. The highest BCUT2D eigenvalue weighted by Gasteiger charge is 2.09. The van der Waals surface area contributed by atoms with E-state index in [1.54, 1.807) is 0 Å². The van der Waals surface area contributed by atoms with E-state index in [4.69, 9.17) is 26.2 Å². The molecule has 2 aromatic rings. The predicted molar refractivity (Wildman–Crippen MR) is 89.9 cm³/mol. The van der Waals surface area contributed by atoms with Crippen LogP contribution < -0.4 is 9.47 Å². The molecule has 0 bridgehead atoms. The lowest BCUT2D eigenvalue weighted by Gasteiger charge is -2.11. The zero-order valence-corrected chi connectivity index (χ0v) is 14.2. The molecule has 1 N–H and O–H groups in total. The maximum atomic E-state index is 13.7. The van der Waals surface area contributed by atoms with E-state index < -0.39 is 11.8 Å². The summed E-state index contributed by atoms with van der Waals surface area (Å²) < 4.78 is 24.6. The molecule has 0 atom stereocenters. The smallest absolute Gasteiger partial charge is 0.335 e. The Hall–Kier alpha value is -2.27. The summed E-state index contributed by atoms with van der Waals surface area (Å²) in [6.07, 6.45) is 0.556. The topological polar surface area (TPSA) is 55.8 Å². The maximum absolute atomic E-state index is 13.7. The Morgan fingerprint density at radius 3 is 2.33 bits per heavy atom. The molecule has 0 unspecified atom stereocenters. The molecular formula is C18H18ClFO4. The second-order valence-corrected chi connectivity index (χ2v) is 5.75. The normalized spacial score (nSPS) is 10.5. The number of aryl methyl sites for hydroxylation is 2. The number of carbonyl (C=O) groups is 1. The minimum Gasteiger partial charge on any atom is -0.493 e. The fourth-order valence-electron chi connectivity index (χ4n) is 2.17. The molecule has 0 heterocycles. The van der Waals surface area contributed by atoms with Crippen molar-refractivity contribution in [1.82, 2.24) is 0 Å². The van der Waals surface area contributed by atoms with Gasteiger partial charge in [0.1, 0.15) is 5.75 Å². The number of carboxylic acid groups (broad SMARTS) is 1. The average molecular weight is 353 g/mol. The second-order valence-electron chi connectivity index (χ2n) is 5.37. The molecule has 0 fully saturated rings. The Kier molecular flexibility index (Phi) is 6.04. The molecule has 0 saturated heterocycles. The van der Waals surface area contributed by atoms with E-state index in [9.17, 15) is 9.18 Å². The monoisotopic (exact) mass is 352 g/mol. The molecule has 0 aromatic heterocycles. The van der Waals surface area contributed by atoms with Gasteiger partial charge < -0.3 is 14.6 Å². The zero-order chi connectivity index (χ0) is 17.7. The lowest BCUT2D eigenvalue weighted by atomic mass is 10.1. The molecule has 0 aliphatic heterocycles. The number of aromatic carboxylic acids is 1. The number of hydrogen-bond acceptors (Lipinski definition) is 3. The van der Waals surface area contributed by atoms with E-state index in [-0.39, 0.29) is 17.9 Å². The van der Waals surface area contributed by atoms with E-state index >= 15 is 0 Å². The molecule has 24 heavy (non-hydrogen) atoms. The number of halogens is 2. The van der Waals surface area contributed by atoms with Crippen LogP contribution in [0.3, 0.4) is 0 Å². The Morgan fingerprint density at radius 2 is 1.75 bits per heavy atom.